The van der Waals surface area contributed by atoms with Crippen LogP contribution in [0.5, 0.6) is 5.75 Å². The number of nitrogens with zero attached hydrogens (tertiary/aromatic N) is 4. The zero-order chi connectivity index (χ0) is 15.5. The molecule has 0 bridgehead atoms. The van der Waals surface area contributed by atoms with Crippen LogP contribution in [-0.4, -0.2) is 25.1 Å². The minimum absolute atomic E-state index is 0.184. The average Bonchev–Trinajstić information content (AvgIpc) is 3.16. The molecular formula is C15H16N4O2S. The van der Waals surface area contributed by atoms with Crippen LogP contribution in [0.25, 0.3) is 5.13 Å². The predicted molar refractivity (Wildman–Crippen MR) is 83.2 cm³/mol. The third-order valence-electron chi connectivity index (χ3n) is 3.30. The van der Waals surface area contributed by atoms with Crippen molar-refractivity contribution in [1.29, 1.82) is 0 Å². The summed E-state index contributed by atoms with van der Waals surface area (Å²) in [5, 5.41) is 20.1. The first-order valence-corrected chi connectivity index (χ1v) is 7.71. The molecular weight excluding hydrogens is 300 g/mol. The van der Waals surface area contributed by atoms with E-state index in [0.717, 1.165) is 16.9 Å². The number of aryl methyl sites for hydroxylation is 2. The Morgan fingerprint density at radius 1 is 1.32 bits per heavy atom. The van der Waals surface area contributed by atoms with E-state index in [9.17, 15) is 5.11 Å². The number of thiazole rings is 1. The molecule has 0 radical (unpaired) electrons. The van der Waals surface area contributed by atoms with Gasteiger partial charge in [0.1, 0.15) is 23.7 Å². The van der Waals surface area contributed by atoms with Gasteiger partial charge in [-0.25, -0.2) is 4.98 Å². The van der Waals surface area contributed by atoms with Gasteiger partial charge in [0, 0.05) is 11.6 Å². The highest BCUT2D eigenvalue weighted by molar-refractivity contribution is 7.12. The van der Waals surface area contributed by atoms with E-state index in [1.54, 1.807) is 10.9 Å². The Labute approximate surface area is 132 Å². The monoisotopic (exact) mass is 316 g/mol. The number of aromatic nitrogens is 4. The minimum atomic E-state index is -0.184. The summed E-state index contributed by atoms with van der Waals surface area (Å²) in [6.45, 7) is 4.11. The molecule has 2 heterocycles. The lowest BCUT2D eigenvalue weighted by Crippen LogP contribution is -2.08. The van der Waals surface area contributed by atoms with E-state index in [1.807, 2.05) is 37.4 Å². The Morgan fingerprint density at radius 3 is 2.91 bits per heavy atom. The van der Waals surface area contributed by atoms with Crippen LogP contribution in [-0.2, 0) is 13.2 Å². The highest BCUT2D eigenvalue weighted by Gasteiger charge is 2.16. The van der Waals surface area contributed by atoms with Crippen molar-refractivity contribution in [2.75, 3.05) is 0 Å². The van der Waals surface area contributed by atoms with Crippen molar-refractivity contribution in [2.45, 2.75) is 27.1 Å². The first-order chi connectivity index (χ1) is 10.7. The van der Waals surface area contributed by atoms with E-state index in [1.165, 1.54) is 11.3 Å². The van der Waals surface area contributed by atoms with E-state index >= 15 is 0 Å². The van der Waals surface area contributed by atoms with Crippen molar-refractivity contribution in [3.8, 4) is 10.9 Å². The van der Waals surface area contributed by atoms with Gasteiger partial charge in [0.2, 0.25) is 5.13 Å². The summed E-state index contributed by atoms with van der Waals surface area (Å²) in [5.74, 6) is 0.816. The fourth-order valence-corrected chi connectivity index (χ4v) is 2.69. The Kier molecular flexibility index (Phi) is 4.17. The molecule has 1 aromatic carbocycles. The predicted octanol–water partition coefficient (Wildman–Crippen LogP) is 2.41. The van der Waals surface area contributed by atoms with Crippen LogP contribution in [0.15, 0.2) is 29.8 Å². The lowest BCUT2D eigenvalue weighted by atomic mass is 10.1. The van der Waals surface area contributed by atoms with Crippen LogP contribution in [0.1, 0.15) is 22.5 Å². The van der Waals surface area contributed by atoms with Gasteiger partial charge in [-0.05, 0) is 31.0 Å². The Morgan fingerprint density at radius 2 is 2.18 bits per heavy atom. The summed E-state index contributed by atoms with van der Waals surface area (Å²) in [6, 6.07) is 6.06. The maximum absolute atomic E-state index is 9.44. The second-order valence-electron chi connectivity index (χ2n) is 4.93. The summed E-state index contributed by atoms with van der Waals surface area (Å²) < 4.78 is 7.52. The van der Waals surface area contributed by atoms with Crippen LogP contribution in [0.4, 0.5) is 0 Å². The van der Waals surface area contributed by atoms with Crippen LogP contribution < -0.4 is 4.74 Å². The van der Waals surface area contributed by atoms with Gasteiger partial charge in [0.15, 0.2) is 0 Å². The molecule has 22 heavy (non-hydrogen) atoms. The fourth-order valence-electron chi connectivity index (χ4n) is 2.08. The molecule has 0 spiro atoms. The smallest absolute Gasteiger partial charge is 0.212 e. The summed E-state index contributed by atoms with van der Waals surface area (Å²) >= 11 is 1.45. The molecule has 3 aromatic rings. The maximum atomic E-state index is 9.44. The lowest BCUT2D eigenvalue weighted by Gasteiger charge is -2.11. The van der Waals surface area contributed by atoms with Crippen molar-refractivity contribution in [2.24, 2.45) is 0 Å². The van der Waals surface area contributed by atoms with Gasteiger partial charge in [0.25, 0.3) is 0 Å². The summed E-state index contributed by atoms with van der Waals surface area (Å²) in [5.41, 5.74) is 3.40. The molecule has 0 unspecified atom stereocenters. The number of rotatable bonds is 5. The molecule has 6 nitrogen and oxygen atoms in total. The maximum Gasteiger partial charge on any atom is 0.212 e. The first kappa shape index (κ1) is 14.7. The molecule has 0 atom stereocenters. The molecule has 3 rings (SSSR count). The quantitative estimate of drug-likeness (QED) is 0.782. The highest BCUT2D eigenvalue weighted by Crippen LogP contribution is 2.22. The van der Waals surface area contributed by atoms with Crippen LogP contribution in [0.3, 0.4) is 0 Å². The number of aliphatic hydroxyl groups is 1. The Bertz CT molecular complexity index is 768. The van der Waals surface area contributed by atoms with Crippen molar-refractivity contribution < 1.29 is 9.84 Å². The SMILES string of the molecule is Cc1ccc(C)c(OCc2c(CO)nnn2-c2nccs2)c1. The molecule has 0 saturated heterocycles. The Balaban J connectivity index is 1.88. The molecule has 2 aromatic heterocycles. The fraction of sp³-hybridized carbons (Fsp3) is 0.267. The second-order valence-corrected chi connectivity index (χ2v) is 5.80. The van der Waals surface area contributed by atoms with Gasteiger partial charge in [-0.2, -0.15) is 4.68 Å². The summed E-state index contributed by atoms with van der Waals surface area (Å²) in [4.78, 5) is 4.22. The lowest BCUT2D eigenvalue weighted by molar-refractivity contribution is 0.262. The average molecular weight is 316 g/mol. The summed E-state index contributed by atoms with van der Waals surface area (Å²) in [7, 11) is 0. The van der Waals surface area contributed by atoms with Crippen molar-refractivity contribution in [3.63, 3.8) is 0 Å². The standard InChI is InChI=1S/C15H16N4O2S/c1-10-3-4-11(2)14(7-10)21-9-13-12(8-20)17-18-19(13)15-16-5-6-22-15/h3-7,20H,8-9H2,1-2H3. The third kappa shape index (κ3) is 2.86. The van der Waals surface area contributed by atoms with E-state index in [2.05, 4.69) is 15.3 Å². The van der Waals surface area contributed by atoms with E-state index in [4.69, 9.17) is 4.74 Å². The van der Waals surface area contributed by atoms with Gasteiger partial charge in [-0.15, -0.1) is 16.4 Å². The van der Waals surface area contributed by atoms with Gasteiger partial charge >= 0.3 is 0 Å². The molecule has 1 N–H and O–H groups in total. The minimum Gasteiger partial charge on any atom is -0.487 e. The highest BCUT2D eigenvalue weighted by atomic mass is 32.1. The summed E-state index contributed by atoms with van der Waals surface area (Å²) in [6.07, 6.45) is 1.70. The third-order valence-corrected chi connectivity index (χ3v) is 4.05. The van der Waals surface area contributed by atoms with Crippen LogP contribution in [0, 0.1) is 13.8 Å². The van der Waals surface area contributed by atoms with E-state index in [0.29, 0.717) is 16.5 Å². The van der Waals surface area contributed by atoms with E-state index < -0.39 is 0 Å². The number of aliphatic hydroxyl groups excluding tert-OH is 1. The van der Waals surface area contributed by atoms with Gasteiger partial charge < -0.3 is 9.84 Å². The molecule has 0 amide bonds. The van der Waals surface area contributed by atoms with Gasteiger partial charge in [0.05, 0.1) is 6.61 Å². The van der Waals surface area contributed by atoms with Crippen LogP contribution in [0.2, 0.25) is 0 Å². The Hall–Kier alpha value is -2.25. The zero-order valence-electron chi connectivity index (χ0n) is 12.4. The van der Waals surface area contributed by atoms with Crippen molar-refractivity contribution in [1.82, 2.24) is 20.0 Å². The normalized spacial score (nSPS) is 10.9. The topological polar surface area (TPSA) is 73.1 Å². The molecule has 0 aliphatic carbocycles. The molecule has 0 saturated carbocycles. The molecule has 7 heteroatoms. The molecule has 0 aliphatic rings. The zero-order valence-corrected chi connectivity index (χ0v) is 13.2. The first-order valence-electron chi connectivity index (χ1n) is 6.83. The number of benzene rings is 1. The van der Waals surface area contributed by atoms with Crippen molar-refractivity contribution in [3.05, 3.63) is 52.3 Å². The molecule has 0 fully saturated rings. The van der Waals surface area contributed by atoms with Gasteiger partial charge in [-0.1, -0.05) is 17.3 Å². The molecule has 114 valence electrons. The van der Waals surface area contributed by atoms with Gasteiger partial charge in [-0.3, -0.25) is 0 Å². The number of hydrogen-bond acceptors (Lipinski definition) is 6. The number of hydrogen-bond donors (Lipinski definition) is 1. The van der Waals surface area contributed by atoms with Crippen molar-refractivity contribution >= 4 is 11.3 Å². The molecule has 0 aliphatic heterocycles. The number of ether oxygens (including phenoxy) is 1. The van der Waals surface area contributed by atoms with Crippen LogP contribution >= 0.6 is 11.3 Å². The second kappa shape index (κ2) is 6.25. The van der Waals surface area contributed by atoms with E-state index in [-0.39, 0.29) is 13.2 Å². The largest absolute Gasteiger partial charge is 0.487 e.